The van der Waals surface area contributed by atoms with E-state index in [2.05, 4.69) is 0 Å². The third-order valence-electron chi connectivity index (χ3n) is 7.33. The van der Waals surface area contributed by atoms with Gasteiger partial charge in [0.2, 0.25) is 0 Å². The lowest BCUT2D eigenvalue weighted by Crippen LogP contribution is -2.66. The molecule has 0 bridgehead atoms. The Kier molecular flexibility index (Phi) is 11.4. The zero-order valence-electron chi connectivity index (χ0n) is 21.8. The molecule has 0 aromatic heterocycles. The molecule has 3 heterocycles. The number of aliphatic hydroxyl groups excluding tert-OH is 10. The topological polar surface area (TPSA) is 258 Å². The average Bonchev–Trinajstić information content (AvgIpc) is 2.99. The lowest BCUT2D eigenvalue weighted by molar-refractivity contribution is -0.379. The molecule has 3 saturated heterocycles. The molecule has 16 nitrogen and oxygen atoms in total. The van der Waals surface area contributed by atoms with E-state index in [1.165, 1.54) is 0 Å². The second-order valence-electron chi connectivity index (χ2n) is 10.1. The van der Waals surface area contributed by atoms with E-state index in [4.69, 9.17) is 28.4 Å². The standard InChI is InChI=1S/C25H38O16/c26-6-11-14(29)15(30)18(33)24(37-11)40-22-13(8-28)39-25(20(35)17(22)32)41-21-12(7-27)38-23(19(34)16(21)31)36-9-10-4-2-1-3-5-10/h1-5,11-35H,6-9H2/t11-,12-,13-,14-,15+,16-,17-,18-,19-,20-,21-,22-,23-,24-,25-/m1/s1. The van der Waals surface area contributed by atoms with Gasteiger partial charge in [0.05, 0.1) is 26.4 Å². The molecule has 15 atom stereocenters. The Balaban J connectivity index is 1.41. The Morgan fingerprint density at radius 3 is 1.46 bits per heavy atom. The van der Waals surface area contributed by atoms with Crippen molar-refractivity contribution in [2.45, 2.75) is 98.7 Å². The van der Waals surface area contributed by atoms with E-state index in [0.29, 0.717) is 0 Å². The van der Waals surface area contributed by atoms with Crippen LogP contribution in [0, 0.1) is 0 Å². The molecule has 3 aliphatic rings. The summed E-state index contributed by atoms with van der Waals surface area (Å²) in [6.07, 6.45) is -24.2. The second-order valence-corrected chi connectivity index (χ2v) is 10.1. The smallest absolute Gasteiger partial charge is 0.187 e. The first kappa shape index (κ1) is 32.5. The summed E-state index contributed by atoms with van der Waals surface area (Å²) in [4.78, 5) is 0. The Morgan fingerprint density at radius 2 is 0.951 bits per heavy atom. The van der Waals surface area contributed by atoms with Gasteiger partial charge in [-0.05, 0) is 5.56 Å². The number of hydrogen-bond donors (Lipinski definition) is 10. The lowest BCUT2D eigenvalue weighted by Gasteiger charge is -2.48. The van der Waals surface area contributed by atoms with Gasteiger partial charge >= 0.3 is 0 Å². The highest BCUT2D eigenvalue weighted by molar-refractivity contribution is 5.13. The summed E-state index contributed by atoms with van der Waals surface area (Å²) in [5.74, 6) is 0. The Hall–Kier alpha value is -1.42. The van der Waals surface area contributed by atoms with Crippen LogP contribution in [-0.4, -0.2) is 163 Å². The summed E-state index contributed by atoms with van der Waals surface area (Å²) < 4.78 is 33.1. The number of ether oxygens (including phenoxy) is 6. The van der Waals surface area contributed by atoms with Crippen LogP contribution in [0.25, 0.3) is 0 Å². The summed E-state index contributed by atoms with van der Waals surface area (Å²) in [6, 6.07) is 8.94. The number of aliphatic hydroxyl groups is 10. The SMILES string of the molecule is OC[C@H]1O[C@H](O[C@H]2[C@H](O)[C@@H](O)[C@@H](O[C@H]3[C@H](O)[C@@H](O)[C@H](OCc4ccccc4)O[C@@H]3CO)O[C@@H]2CO)[C@H](O)[C@@H](O)[C@@H]1O. The maximum absolute atomic E-state index is 10.8. The first-order valence-electron chi connectivity index (χ1n) is 13.1. The third kappa shape index (κ3) is 7.05. The Bertz CT molecular complexity index is 920. The maximum Gasteiger partial charge on any atom is 0.187 e. The van der Waals surface area contributed by atoms with Gasteiger partial charge in [0.25, 0.3) is 0 Å². The van der Waals surface area contributed by atoms with Crippen molar-refractivity contribution in [3.8, 4) is 0 Å². The number of benzene rings is 1. The van der Waals surface area contributed by atoms with Gasteiger partial charge in [0, 0.05) is 0 Å². The molecule has 3 fully saturated rings. The van der Waals surface area contributed by atoms with Gasteiger partial charge in [-0.2, -0.15) is 0 Å². The van der Waals surface area contributed by atoms with Crippen LogP contribution in [0.2, 0.25) is 0 Å². The summed E-state index contributed by atoms with van der Waals surface area (Å²) in [5.41, 5.74) is 0.764. The molecule has 0 radical (unpaired) electrons. The van der Waals surface area contributed by atoms with Crippen molar-refractivity contribution < 1.29 is 79.5 Å². The monoisotopic (exact) mass is 594 g/mol. The maximum atomic E-state index is 10.8. The number of hydrogen-bond acceptors (Lipinski definition) is 16. The van der Waals surface area contributed by atoms with E-state index in [0.717, 1.165) is 5.56 Å². The number of rotatable bonds is 10. The van der Waals surface area contributed by atoms with Gasteiger partial charge in [-0.15, -0.1) is 0 Å². The van der Waals surface area contributed by atoms with Crippen LogP contribution in [0.15, 0.2) is 30.3 Å². The first-order chi connectivity index (χ1) is 19.6. The minimum Gasteiger partial charge on any atom is -0.394 e. The van der Waals surface area contributed by atoms with Crippen LogP contribution in [-0.2, 0) is 35.0 Å². The molecule has 0 aliphatic carbocycles. The minimum absolute atomic E-state index is 0.0314. The Morgan fingerprint density at radius 1 is 0.512 bits per heavy atom. The Labute approximate surface area is 234 Å². The minimum atomic E-state index is -1.90. The molecule has 0 saturated carbocycles. The van der Waals surface area contributed by atoms with Gasteiger partial charge in [-0.1, -0.05) is 30.3 Å². The molecule has 1 aromatic rings. The normalized spacial score (nSPS) is 45.5. The molecule has 16 heteroatoms. The van der Waals surface area contributed by atoms with E-state index >= 15 is 0 Å². The first-order valence-corrected chi connectivity index (χ1v) is 13.1. The zero-order chi connectivity index (χ0) is 29.8. The van der Waals surface area contributed by atoms with Gasteiger partial charge in [-0.3, -0.25) is 0 Å². The highest BCUT2D eigenvalue weighted by Crippen LogP contribution is 2.32. The lowest BCUT2D eigenvalue weighted by atomic mass is 9.96. The molecular formula is C25H38O16. The molecule has 10 N–H and O–H groups in total. The van der Waals surface area contributed by atoms with Crippen LogP contribution in [0.5, 0.6) is 0 Å². The summed E-state index contributed by atoms with van der Waals surface area (Å²) >= 11 is 0. The molecule has 0 amide bonds. The fourth-order valence-electron chi connectivity index (χ4n) is 4.93. The van der Waals surface area contributed by atoms with Crippen LogP contribution < -0.4 is 0 Å². The fraction of sp³-hybridized carbons (Fsp3) is 0.760. The molecule has 0 spiro atoms. The third-order valence-corrected chi connectivity index (χ3v) is 7.33. The van der Waals surface area contributed by atoms with Crippen LogP contribution in [0.3, 0.4) is 0 Å². The van der Waals surface area contributed by atoms with Crippen molar-refractivity contribution >= 4 is 0 Å². The van der Waals surface area contributed by atoms with E-state index in [1.54, 1.807) is 24.3 Å². The van der Waals surface area contributed by atoms with Crippen molar-refractivity contribution in [3.63, 3.8) is 0 Å². The van der Waals surface area contributed by atoms with Gasteiger partial charge in [0.1, 0.15) is 73.2 Å². The predicted octanol–water partition coefficient (Wildman–Crippen LogP) is -5.35. The van der Waals surface area contributed by atoms with Crippen molar-refractivity contribution in [2.24, 2.45) is 0 Å². The van der Waals surface area contributed by atoms with Gasteiger partial charge < -0.3 is 79.5 Å². The van der Waals surface area contributed by atoms with E-state index in [1.807, 2.05) is 6.07 Å². The second kappa shape index (κ2) is 14.4. The largest absolute Gasteiger partial charge is 0.394 e. The van der Waals surface area contributed by atoms with Crippen molar-refractivity contribution in [2.75, 3.05) is 19.8 Å². The van der Waals surface area contributed by atoms with Crippen molar-refractivity contribution in [1.29, 1.82) is 0 Å². The van der Waals surface area contributed by atoms with Crippen LogP contribution >= 0.6 is 0 Å². The fourth-order valence-corrected chi connectivity index (χ4v) is 4.93. The molecule has 0 unspecified atom stereocenters. The van der Waals surface area contributed by atoms with Crippen molar-refractivity contribution in [1.82, 2.24) is 0 Å². The van der Waals surface area contributed by atoms with Gasteiger partial charge in [-0.25, -0.2) is 0 Å². The van der Waals surface area contributed by atoms with Crippen LogP contribution in [0.4, 0.5) is 0 Å². The van der Waals surface area contributed by atoms with E-state index in [9.17, 15) is 51.1 Å². The quantitative estimate of drug-likeness (QED) is 0.121. The molecular weight excluding hydrogens is 556 g/mol. The van der Waals surface area contributed by atoms with Crippen LogP contribution in [0.1, 0.15) is 5.56 Å². The summed E-state index contributed by atoms with van der Waals surface area (Å²) in [6.45, 7) is -2.21. The molecule has 3 aliphatic heterocycles. The van der Waals surface area contributed by atoms with E-state index in [-0.39, 0.29) is 6.61 Å². The predicted molar refractivity (Wildman–Crippen MR) is 130 cm³/mol. The molecule has 1 aromatic carbocycles. The van der Waals surface area contributed by atoms with Crippen molar-refractivity contribution in [3.05, 3.63) is 35.9 Å². The average molecular weight is 595 g/mol. The molecule has 4 rings (SSSR count). The van der Waals surface area contributed by atoms with Gasteiger partial charge in [0.15, 0.2) is 18.9 Å². The molecule has 41 heavy (non-hydrogen) atoms. The molecule has 234 valence electrons. The zero-order valence-corrected chi connectivity index (χ0v) is 21.8. The highest BCUT2D eigenvalue weighted by atomic mass is 16.8. The summed E-state index contributed by atoms with van der Waals surface area (Å²) in [7, 11) is 0. The van der Waals surface area contributed by atoms with E-state index < -0.39 is 112 Å². The highest BCUT2D eigenvalue weighted by Gasteiger charge is 2.53. The summed E-state index contributed by atoms with van der Waals surface area (Å²) in [5, 5.41) is 102.